The molecule has 0 aromatic carbocycles. The first-order valence-corrected chi connectivity index (χ1v) is 9.81. The Morgan fingerprint density at radius 1 is 1.45 bits per heavy atom. The van der Waals surface area contributed by atoms with Crippen molar-refractivity contribution in [3.8, 4) is 0 Å². The van der Waals surface area contributed by atoms with Crippen molar-refractivity contribution in [2.45, 2.75) is 25.8 Å². The maximum absolute atomic E-state index is 12.6. The quantitative estimate of drug-likeness (QED) is 0.580. The van der Waals surface area contributed by atoms with E-state index in [2.05, 4.69) is 32.2 Å². The maximum Gasteiger partial charge on any atom is 0.255 e. The summed E-state index contributed by atoms with van der Waals surface area (Å²) in [6, 6.07) is 0.196. The van der Waals surface area contributed by atoms with Crippen LogP contribution in [0.4, 0.5) is 5.82 Å². The lowest BCUT2D eigenvalue weighted by atomic mass is 10.1. The smallest absolute Gasteiger partial charge is 0.255 e. The number of hydrogen-bond acceptors (Lipinski definition) is 6. The van der Waals surface area contributed by atoms with Crippen molar-refractivity contribution >= 4 is 28.8 Å². The number of aromatic nitrogens is 3. The normalized spacial score (nSPS) is 15.9. The third-order valence-corrected chi connectivity index (χ3v) is 5.02. The number of hydrogen-bond donors (Lipinski definition) is 3. The molecule has 0 radical (unpaired) electrons. The number of ether oxygens (including phenoxy) is 1. The van der Waals surface area contributed by atoms with Gasteiger partial charge < -0.3 is 25.3 Å². The van der Waals surface area contributed by atoms with E-state index < -0.39 is 0 Å². The molecule has 1 saturated heterocycles. The van der Waals surface area contributed by atoms with Gasteiger partial charge in [0.1, 0.15) is 11.3 Å². The highest BCUT2D eigenvalue weighted by Gasteiger charge is 2.22. The fraction of sp³-hybridized carbons (Fsp3) is 0.500. The number of fused-ring (bicyclic) bond motifs is 1. The van der Waals surface area contributed by atoms with Crippen LogP contribution in [-0.4, -0.2) is 71.1 Å². The Balaban J connectivity index is 1.64. The molecule has 3 heterocycles. The van der Waals surface area contributed by atoms with Gasteiger partial charge in [0, 0.05) is 39.0 Å². The molecule has 0 spiro atoms. The Morgan fingerprint density at radius 2 is 2.21 bits per heavy atom. The fourth-order valence-corrected chi connectivity index (χ4v) is 3.42. The van der Waals surface area contributed by atoms with Gasteiger partial charge in [-0.05, 0) is 24.8 Å². The topological polar surface area (TPSA) is 112 Å². The predicted octanol–water partition coefficient (Wildman–Crippen LogP) is 1.56. The number of amides is 2. The maximum atomic E-state index is 12.6. The van der Waals surface area contributed by atoms with Crippen LogP contribution < -0.4 is 10.6 Å². The van der Waals surface area contributed by atoms with Crippen LogP contribution in [0.25, 0.3) is 11.2 Å². The zero-order valence-electron chi connectivity index (χ0n) is 16.9. The summed E-state index contributed by atoms with van der Waals surface area (Å²) in [7, 11) is 1.64. The Labute approximate surface area is 169 Å². The fourth-order valence-electron chi connectivity index (χ4n) is 3.42. The van der Waals surface area contributed by atoms with Gasteiger partial charge in [0.25, 0.3) is 5.91 Å². The molecular weight excluding hydrogens is 372 g/mol. The van der Waals surface area contributed by atoms with Gasteiger partial charge in [-0.2, -0.15) is 0 Å². The summed E-state index contributed by atoms with van der Waals surface area (Å²) in [6.07, 6.45) is 6.27. The average Bonchev–Trinajstić information content (AvgIpc) is 3.15. The first-order chi connectivity index (χ1) is 14.0. The van der Waals surface area contributed by atoms with E-state index in [-0.39, 0.29) is 23.8 Å². The molecular formula is C20H28N6O3. The molecule has 9 nitrogen and oxygen atoms in total. The van der Waals surface area contributed by atoms with Gasteiger partial charge >= 0.3 is 0 Å². The van der Waals surface area contributed by atoms with Gasteiger partial charge in [-0.15, -0.1) is 0 Å². The molecule has 9 heteroatoms. The number of nitrogens with one attached hydrogen (secondary N) is 3. The van der Waals surface area contributed by atoms with Crippen LogP contribution in [0.5, 0.6) is 0 Å². The monoisotopic (exact) mass is 400 g/mol. The summed E-state index contributed by atoms with van der Waals surface area (Å²) in [5.74, 6) is 0.609. The van der Waals surface area contributed by atoms with Crippen LogP contribution in [0.15, 0.2) is 25.0 Å². The molecule has 3 rings (SSSR count). The summed E-state index contributed by atoms with van der Waals surface area (Å²) in [5.41, 5.74) is 1.57. The summed E-state index contributed by atoms with van der Waals surface area (Å²) < 4.78 is 5.10. The van der Waals surface area contributed by atoms with E-state index in [0.717, 1.165) is 12.8 Å². The van der Waals surface area contributed by atoms with E-state index in [4.69, 9.17) is 4.74 Å². The molecule has 1 aliphatic heterocycles. The lowest BCUT2D eigenvalue weighted by Crippen LogP contribution is -2.41. The van der Waals surface area contributed by atoms with Gasteiger partial charge in [0.2, 0.25) is 5.91 Å². The summed E-state index contributed by atoms with van der Waals surface area (Å²) in [6.45, 7) is 8.00. The number of rotatable bonds is 8. The molecule has 2 aromatic heterocycles. The largest absolute Gasteiger partial charge is 0.384 e. The Morgan fingerprint density at radius 3 is 2.90 bits per heavy atom. The van der Waals surface area contributed by atoms with Gasteiger partial charge in [0.05, 0.1) is 18.4 Å². The summed E-state index contributed by atoms with van der Waals surface area (Å²) in [5, 5.41) is 6.28. The SMILES string of the molecule is C=CC(=O)N1CCC(Nc2cnc3[nH]cc(C(=O)NC[C@@H](C)COC)c3n2)CC1. The van der Waals surface area contributed by atoms with E-state index in [1.165, 1.54) is 6.08 Å². The molecule has 1 fully saturated rings. The molecule has 2 amide bonds. The zero-order chi connectivity index (χ0) is 20.8. The first-order valence-electron chi connectivity index (χ1n) is 9.81. The van der Waals surface area contributed by atoms with E-state index >= 15 is 0 Å². The number of likely N-dealkylation sites (tertiary alicyclic amines) is 1. The van der Waals surface area contributed by atoms with E-state index in [1.54, 1.807) is 24.4 Å². The highest BCUT2D eigenvalue weighted by molar-refractivity contribution is 6.04. The number of anilines is 1. The second-order valence-corrected chi connectivity index (χ2v) is 7.37. The molecule has 2 aromatic rings. The third kappa shape index (κ3) is 5.11. The highest BCUT2D eigenvalue weighted by atomic mass is 16.5. The molecule has 156 valence electrons. The van der Waals surface area contributed by atoms with E-state index in [1.807, 2.05) is 6.92 Å². The molecule has 0 unspecified atom stereocenters. The van der Waals surface area contributed by atoms with Crippen LogP contribution in [0.3, 0.4) is 0 Å². The van der Waals surface area contributed by atoms with Gasteiger partial charge in [-0.1, -0.05) is 13.5 Å². The Bertz CT molecular complexity index is 872. The van der Waals surface area contributed by atoms with Crippen molar-refractivity contribution in [1.82, 2.24) is 25.2 Å². The van der Waals surface area contributed by atoms with E-state index in [0.29, 0.717) is 48.8 Å². The lowest BCUT2D eigenvalue weighted by molar-refractivity contribution is -0.126. The zero-order valence-corrected chi connectivity index (χ0v) is 16.9. The van der Waals surface area contributed by atoms with Crippen LogP contribution in [-0.2, 0) is 9.53 Å². The lowest BCUT2D eigenvalue weighted by Gasteiger charge is -2.31. The first kappa shape index (κ1) is 20.8. The number of piperidine rings is 1. The molecule has 0 saturated carbocycles. The van der Waals surface area contributed by atoms with Crippen LogP contribution in [0.1, 0.15) is 30.1 Å². The standard InChI is InChI=1S/C20H28N6O3/c1-4-17(27)26-7-5-14(6-8-26)24-16-11-22-19-18(25-16)15(10-21-19)20(28)23-9-13(2)12-29-3/h4,10-11,13-14H,1,5-9,12H2,2-3H3,(H,21,22)(H,23,28)(H,24,25)/t13-/m1/s1. The van der Waals surface area contributed by atoms with E-state index in [9.17, 15) is 9.59 Å². The third-order valence-electron chi connectivity index (χ3n) is 5.02. The number of H-pyrrole nitrogens is 1. The van der Waals surface area contributed by atoms with Gasteiger partial charge in [-0.25, -0.2) is 9.97 Å². The van der Waals surface area contributed by atoms with Crippen molar-refractivity contribution in [1.29, 1.82) is 0 Å². The average molecular weight is 400 g/mol. The summed E-state index contributed by atoms with van der Waals surface area (Å²) in [4.78, 5) is 38.0. The molecule has 0 bridgehead atoms. The van der Waals surface area contributed by atoms with Gasteiger partial charge in [0.15, 0.2) is 5.65 Å². The van der Waals surface area contributed by atoms with Crippen LogP contribution in [0.2, 0.25) is 0 Å². The summed E-state index contributed by atoms with van der Waals surface area (Å²) >= 11 is 0. The number of carbonyl (C=O) groups is 2. The predicted molar refractivity (Wildman–Crippen MR) is 111 cm³/mol. The van der Waals surface area contributed by atoms with Crippen molar-refractivity contribution in [3.63, 3.8) is 0 Å². The molecule has 0 aliphatic carbocycles. The molecule has 3 N–H and O–H groups in total. The minimum absolute atomic E-state index is 0.0348. The molecule has 29 heavy (non-hydrogen) atoms. The number of nitrogens with zero attached hydrogens (tertiary/aromatic N) is 3. The number of carbonyl (C=O) groups excluding carboxylic acids is 2. The Kier molecular flexibility index (Phi) is 6.82. The number of methoxy groups -OCH3 is 1. The molecule has 1 atom stereocenters. The van der Waals surface area contributed by atoms with Crippen LogP contribution >= 0.6 is 0 Å². The van der Waals surface area contributed by atoms with Gasteiger partial charge in [-0.3, -0.25) is 9.59 Å². The molecule has 1 aliphatic rings. The van der Waals surface area contributed by atoms with Crippen LogP contribution in [0, 0.1) is 5.92 Å². The number of aromatic amines is 1. The highest BCUT2D eigenvalue weighted by Crippen LogP contribution is 2.19. The van der Waals surface area contributed by atoms with Crippen molar-refractivity contribution in [3.05, 3.63) is 30.6 Å². The Hall–Kier alpha value is -2.94. The minimum Gasteiger partial charge on any atom is -0.384 e. The second-order valence-electron chi connectivity index (χ2n) is 7.37. The minimum atomic E-state index is -0.193. The van der Waals surface area contributed by atoms with Crippen molar-refractivity contribution in [2.24, 2.45) is 5.92 Å². The van der Waals surface area contributed by atoms with Crippen molar-refractivity contribution < 1.29 is 14.3 Å². The second kappa shape index (κ2) is 9.51. The van der Waals surface area contributed by atoms with Crippen molar-refractivity contribution in [2.75, 3.05) is 38.7 Å².